The number of ether oxygens (including phenoxy) is 1. The van der Waals surface area contributed by atoms with Crippen LogP contribution < -0.4 is 15.4 Å². The Morgan fingerprint density at radius 3 is 2.32 bits per heavy atom. The third kappa shape index (κ3) is 5.47. The highest BCUT2D eigenvalue weighted by Crippen LogP contribution is 2.14. The van der Waals surface area contributed by atoms with E-state index >= 15 is 0 Å². The van der Waals surface area contributed by atoms with Gasteiger partial charge in [-0.05, 0) is 41.8 Å². The van der Waals surface area contributed by atoms with Gasteiger partial charge in [0, 0.05) is 0 Å². The summed E-state index contributed by atoms with van der Waals surface area (Å²) in [5.41, 5.74) is 0.501. The lowest BCUT2D eigenvalue weighted by Gasteiger charge is -2.19. The Balaban J connectivity index is 2.31. The van der Waals surface area contributed by atoms with E-state index < -0.39 is 23.8 Å². The number of carboxylic acid groups (broad SMARTS) is 1. The fourth-order valence-corrected chi connectivity index (χ4v) is 2.35. The van der Waals surface area contributed by atoms with Crippen molar-refractivity contribution in [3.8, 4) is 5.75 Å². The van der Waals surface area contributed by atoms with Crippen molar-refractivity contribution in [3.05, 3.63) is 59.7 Å². The highest BCUT2D eigenvalue weighted by molar-refractivity contribution is 6.05. The molecule has 0 spiro atoms. The standard InChI is InChI=1S/C20H22N2O6/c1-12(2)17(20(25)26)22-18(23)15(21-19(24)16-5-4-10-28-16)11-13-6-8-14(27-3)9-7-13/h4-12,17H,1-3H3,(H,21,24)(H,22,23)(H,25,26). The molecule has 0 aliphatic rings. The van der Waals surface area contributed by atoms with E-state index in [9.17, 15) is 19.5 Å². The van der Waals surface area contributed by atoms with Crippen LogP contribution in [0.4, 0.5) is 0 Å². The lowest BCUT2D eigenvalue weighted by molar-refractivity contribution is -0.142. The minimum Gasteiger partial charge on any atom is -0.497 e. The number of hydrogen-bond donors (Lipinski definition) is 3. The van der Waals surface area contributed by atoms with Crippen LogP contribution in [0, 0.1) is 5.92 Å². The van der Waals surface area contributed by atoms with Gasteiger partial charge in [0.05, 0.1) is 13.4 Å². The molecule has 28 heavy (non-hydrogen) atoms. The van der Waals surface area contributed by atoms with E-state index in [0.717, 1.165) is 0 Å². The Bertz CT molecular complexity index is 853. The van der Waals surface area contributed by atoms with Crippen LogP contribution in [0.15, 0.2) is 52.8 Å². The van der Waals surface area contributed by atoms with E-state index in [0.29, 0.717) is 11.3 Å². The first-order valence-corrected chi connectivity index (χ1v) is 8.56. The summed E-state index contributed by atoms with van der Waals surface area (Å²) >= 11 is 0. The number of carbonyl (C=O) groups excluding carboxylic acids is 2. The van der Waals surface area contributed by atoms with Gasteiger partial charge in [-0.25, -0.2) is 4.79 Å². The van der Waals surface area contributed by atoms with E-state index in [1.54, 1.807) is 44.2 Å². The van der Waals surface area contributed by atoms with Crippen LogP contribution in [0.25, 0.3) is 6.08 Å². The maximum Gasteiger partial charge on any atom is 0.326 e. The van der Waals surface area contributed by atoms with Crippen molar-refractivity contribution in [2.75, 3.05) is 7.11 Å². The molecule has 1 aromatic carbocycles. The molecule has 1 aromatic heterocycles. The van der Waals surface area contributed by atoms with Gasteiger partial charge in [-0.3, -0.25) is 9.59 Å². The van der Waals surface area contributed by atoms with E-state index in [1.807, 2.05) is 0 Å². The molecule has 148 valence electrons. The summed E-state index contributed by atoms with van der Waals surface area (Å²) in [7, 11) is 1.53. The highest BCUT2D eigenvalue weighted by atomic mass is 16.5. The van der Waals surface area contributed by atoms with Crippen LogP contribution in [0.5, 0.6) is 5.75 Å². The molecule has 0 aliphatic heterocycles. The molecule has 0 fully saturated rings. The summed E-state index contributed by atoms with van der Waals surface area (Å²) < 4.78 is 10.1. The lowest BCUT2D eigenvalue weighted by atomic mass is 10.0. The molecule has 1 atom stereocenters. The van der Waals surface area contributed by atoms with Crippen LogP contribution in [-0.4, -0.2) is 36.0 Å². The molecule has 1 heterocycles. The number of carboxylic acids is 1. The van der Waals surface area contributed by atoms with Crippen molar-refractivity contribution in [2.24, 2.45) is 5.92 Å². The van der Waals surface area contributed by atoms with Crippen LogP contribution >= 0.6 is 0 Å². The average molecular weight is 386 g/mol. The van der Waals surface area contributed by atoms with Gasteiger partial charge >= 0.3 is 5.97 Å². The number of rotatable bonds is 8. The van der Waals surface area contributed by atoms with Crippen molar-refractivity contribution >= 4 is 23.9 Å². The minimum atomic E-state index is -1.16. The Kier molecular flexibility index (Phi) is 6.97. The molecule has 0 saturated heterocycles. The van der Waals surface area contributed by atoms with Crippen LogP contribution in [0.3, 0.4) is 0 Å². The average Bonchev–Trinajstić information content (AvgIpc) is 3.20. The van der Waals surface area contributed by atoms with Crippen LogP contribution in [0.2, 0.25) is 0 Å². The van der Waals surface area contributed by atoms with Gasteiger partial charge in [-0.2, -0.15) is 0 Å². The summed E-state index contributed by atoms with van der Waals surface area (Å²) in [4.78, 5) is 36.4. The molecule has 2 aromatic rings. The maximum absolute atomic E-state index is 12.7. The number of furan rings is 1. The fourth-order valence-electron chi connectivity index (χ4n) is 2.35. The first-order chi connectivity index (χ1) is 13.3. The topological polar surface area (TPSA) is 118 Å². The number of amides is 2. The normalized spacial score (nSPS) is 12.4. The Hall–Kier alpha value is -3.55. The molecule has 2 rings (SSSR count). The van der Waals surface area contributed by atoms with Crippen molar-refractivity contribution in [1.29, 1.82) is 0 Å². The summed E-state index contributed by atoms with van der Waals surface area (Å²) in [6, 6.07) is 8.68. The summed E-state index contributed by atoms with van der Waals surface area (Å²) in [5.74, 6) is -2.21. The van der Waals surface area contributed by atoms with Gasteiger partial charge in [0.25, 0.3) is 11.8 Å². The van der Waals surface area contributed by atoms with Gasteiger partial charge in [0.2, 0.25) is 0 Å². The Morgan fingerprint density at radius 1 is 1.14 bits per heavy atom. The summed E-state index contributed by atoms with van der Waals surface area (Å²) in [6.45, 7) is 3.35. The van der Waals surface area contributed by atoms with Crippen LogP contribution in [0.1, 0.15) is 30.0 Å². The lowest BCUT2D eigenvalue weighted by Crippen LogP contribution is -2.47. The number of aliphatic carboxylic acids is 1. The summed E-state index contributed by atoms with van der Waals surface area (Å²) in [5, 5.41) is 14.2. The SMILES string of the molecule is COc1ccc(C=C(NC(=O)c2ccco2)C(=O)NC(C(=O)O)C(C)C)cc1. The number of benzene rings is 1. The van der Waals surface area contributed by atoms with Gasteiger partial charge in [0.15, 0.2) is 5.76 Å². The number of nitrogens with one attached hydrogen (secondary N) is 2. The molecule has 0 radical (unpaired) electrons. The van der Waals surface area contributed by atoms with Gasteiger partial charge in [-0.1, -0.05) is 26.0 Å². The molecular weight excluding hydrogens is 364 g/mol. The molecule has 2 amide bonds. The third-order valence-electron chi connectivity index (χ3n) is 3.88. The smallest absolute Gasteiger partial charge is 0.326 e. The molecule has 8 nitrogen and oxygen atoms in total. The molecule has 8 heteroatoms. The molecule has 3 N–H and O–H groups in total. The molecular formula is C20H22N2O6. The van der Waals surface area contributed by atoms with E-state index in [2.05, 4.69) is 10.6 Å². The predicted molar refractivity (Wildman–Crippen MR) is 102 cm³/mol. The fraction of sp³-hybridized carbons (Fsp3) is 0.250. The predicted octanol–water partition coefficient (Wildman–Crippen LogP) is 2.28. The Morgan fingerprint density at radius 2 is 1.82 bits per heavy atom. The minimum absolute atomic E-state index is 0.0204. The highest BCUT2D eigenvalue weighted by Gasteiger charge is 2.26. The van der Waals surface area contributed by atoms with Crippen molar-refractivity contribution in [3.63, 3.8) is 0 Å². The second-order valence-corrected chi connectivity index (χ2v) is 6.30. The number of hydrogen-bond acceptors (Lipinski definition) is 5. The molecule has 1 unspecified atom stereocenters. The van der Waals surface area contributed by atoms with E-state index in [1.165, 1.54) is 25.5 Å². The van der Waals surface area contributed by atoms with E-state index in [4.69, 9.17) is 9.15 Å². The quantitative estimate of drug-likeness (QED) is 0.599. The zero-order valence-corrected chi connectivity index (χ0v) is 15.8. The van der Waals surface area contributed by atoms with Crippen molar-refractivity contribution < 1.29 is 28.6 Å². The molecule has 0 bridgehead atoms. The van der Waals surface area contributed by atoms with Gasteiger partial charge in [-0.15, -0.1) is 0 Å². The first kappa shape index (κ1) is 20.8. The van der Waals surface area contributed by atoms with Gasteiger partial charge in [0.1, 0.15) is 17.5 Å². The second-order valence-electron chi connectivity index (χ2n) is 6.30. The summed E-state index contributed by atoms with van der Waals surface area (Å²) in [6.07, 6.45) is 2.77. The zero-order valence-electron chi connectivity index (χ0n) is 15.8. The van der Waals surface area contributed by atoms with Crippen LogP contribution in [-0.2, 0) is 9.59 Å². The number of carbonyl (C=O) groups is 3. The second kappa shape index (κ2) is 9.40. The third-order valence-corrected chi connectivity index (χ3v) is 3.88. The largest absolute Gasteiger partial charge is 0.497 e. The zero-order chi connectivity index (χ0) is 20.7. The molecule has 0 aliphatic carbocycles. The van der Waals surface area contributed by atoms with Crippen molar-refractivity contribution in [2.45, 2.75) is 19.9 Å². The van der Waals surface area contributed by atoms with Crippen molar-refractivity contribution in [1.82, 2.24) is 10.6 Å². The molecule has 0 saturated carbocycles. The maximum atomic E-state index is 12.7. The van der Waals surface area contributed by atoms with E-state index in [-0.39, 0.29) is 17.4 Å². The number of methoxy groups -OCH3 is 1. The Labute approximate surface area is 162 Å². The van der Waals surface area contributed by atoms with Gasteiger partial charge < -0.3 is 24.9 Å². The first-order valence-electron chi connectivity index (χ1n) is 8.56. The monoisotopic (exact) mass is 386 g/mol.